The first-order chi connectivity index (χ1) is 9.72. The number of oxazole rings is 1. The minimum atomic E-state index is 0.635. The Bertz CT molecular complexity index is 701. The summed E-state index contributed by atoms with van der Waals surface area (Å²) in [6, 6.07) is 9.92. The Balaban J connectivity index is 1.69. The minimum absolute atomic E-state index is 0.635. The lowest BCUT2D eigenvalue weighted by molar-refractivity contribution is 0.516. The highest BCUT2D eigenvalue weighted by Crippen LogP contribution is 2.22. The zero-order chi connectivity index (χ0) is 13.9. The summed E-state index contributed by atoms with van der Waals surface area (Å²) in [6.45, 7) is 2.47. The van der Waals surface area contributed by atoms with E-state index in [4.69, 9.17) is 8.83 Å². The van der Waals surface area contributed by atoms with E-state index in [9.17, 15) is 0 Å². The largest absolute Gasteiger partial charge is 0.466 e. The number of hydrogen-bond donors (Lipinski definition) is 1. The second kappa shape index (κ2) is 5.54. The monoisotopic (exact) mass is 332 g/mol. The van der Waals surface area contributed by atoms with E-state index in [1.165, 1.54) is 0 Å². The quantitative estimate of drug-likeness (QED) is 0.757. The summed E-state index contributed by atoms with van der Waals surface area (Å²) in [7, 11) is 0. The van der Waals surface area contributed by atoms with Crippen LogP contribution in [0.4, 0.5) is 5.69 Å². The lowest BCUT2D eigenvalue weighted by atomic mass is 10.1. The molecule has 1 aromatic carbocycles. The van der Waals surface area contributed by atoms with Crippen molar-refractivity contribution in [2.45, 2.75) is 13.5 Å². The SMILES string of the molecule is Cc1nc(-c2ccc(NCc3occc3Br)cc2)co1. The van der Waals surface area contributed by atoms with Gasteiger partial charge in [-0.1, -0.05) is 12.1 Å². The van der Waals surface area contributed by atoms with Crippen LogP contribution in [0.15, 0.2) is 56.2 Å². The van der Waals surface area contributed by atoms with Crippen molar-refractivity contribution in [2.24, 2.45) is 0 Å². The molecule has 2 heterocycles. The predicted molar refractivity (Wildman–Crippen MR) is 80.4 cm³/mol. The van der Waals surface area contributed by atoms with Crippen LogP contribution in [0.1, 0.15) is 11.7 Å². The summed E-state index contributed by atoms with van der Waals surface area (Å²) in [6.07, 6.45) is 3.33. The van der Waals surface area contributed by atoms with Crippen molar-refractivity contribution in [3.63, 3.8) is 0 Å². The van der Waals surface area contributed by atoms with Gasteiger partial charge in [0, 0.05) is 18.2 Å². The van der Waals surface area contributed by atoms with Crippen molar-refractivity contribution < 1.29 is 8.83 Å². The number of aryl methyl sites for hydroxylation is 1. The zero-order valence-electron chi connectivity index (χ0n) is 10.9. The fraction of sp³-hybridized carbons (Fsp3) is 0.133. The van der Waals surface area contributed by atoms with Crippen molar-refractivity contribution >= 4 is 21.6 Å². The summed E-state index contributed by atoms with van der Waals surface area (Å²) in [5.41, 5.74) is 2.91. The maximum absolute atomic E-state index is 5.35. The van der Waals surface area contributed by atoms with Crippen LogP contribution in [0, 0.1) is 6.92 Å². The number of nitrogens with one attached hydrogen (secondary N) is 1. The van der Waals surface area contributed by atoms with Gasteiger partial charge in [-0.15, -0.1) is 0 Å². The highest BCUT2D eigenvalue weighted by atomic mass is 79.9. The molecule has 20 heavy (non-hydrogen) atoms. The van der Waals surface area contributed by atoms with E-state index >= 15 is 0 Å². The molecule has 3 rings (SSSR count). The van der Waals surface area contributed by atoms with Crippen LogP contribution in [-0.2, 0) is 6.54 Å². The molecule has 0 amide bonds. The molecule has 0 bridgehead atoms. The number of hydrogen-bond acceptors (Lipinski definition) is 4. The van der Waals surface area contributed by atoms with E-state index in [0.717, 1.165) is 27.2 Å². The fourth-order valence-corrected chi connectivity index (χ4v) is 2.23. The Morgan fingerprint density at radius 1 is 1.15 bits per heavy atom. The van der Waals surface area contributed by atoms with Crippen LogP contribution in [-0.4, -0.2) is 4.98 Å². The lowest BCUT2D eigenvalue weighted by Crippen LogP contribution is -1.98. The normalized spacial score (nSPS) is 10.7. The number of benzene rings is 1. The van der Waals surface area contributed by atoms with Gasteiger partial charge in [0.1, 0.15) is 17.7 Å². The maximum atomic E-state index is 5.35. The molecule has 0 saturated heterocycles. The Kier molecular flexibility index (Phi) is 3.60. The Hall–Kier alpha value is -2.01. The van der Waals surface area contributed by atoms with E-state index in [-0.39, 0.29) is 0 Å². The van der Waals surface area contributed by atoms with Crippen LogP contribution in [0.25, 0.3) is 11.3 Å². The van der Waals surface area contributed by atoms with Gasteiger partial charge in [-0.3, -0.25) is 0 Å². The zero-order valence-corrected chi connectivity index (χ0v) is 12.5. The van der Waals surface area contributed by atoms with Gasteiger partial charge in [-0.25, -0.2) is 4.98 Å². The molecule has 102 valence electrons. The number of rotatable bonds is 4. The number of furan rings is 1. The first-order valence-corrected chi connectivity index (χ1v) is 7.00. The summed E-state index contributed by atoms with van der Waals surface area (Å²) >= 11 is 3.43. The Morgan fingerprint density at radius 2 is 1.95 bits per heavy atom. The van der Waals surface area contributed by atoms with Gasteiger partial charge < -0.3 is 14.2 Å². The van der Waals surface area contributed by atoms with Gasteiger partial charge in [0.05, 0.1) is 17.3 Å². The standard InChI is InChI=1S/C15H13BrN2O2/c1-10-18-14(9-20-10)11-2-4-12(5-3-11)17-8-15-13(16)6-7-19-15/h2-7,9,17H,8H2,1H3. The van der Waals surface area contributed by atoms with Crippen LogP contribution in [0.5, 0.6) is 0 Å². The molecule has 2 aromatic heterocycles. The second-order valence-electron chi connectivity index (χ2n) is 4.37. The molecule has 4 nitrogen and oxygen atoms in total. The molecule has 0 atom stereocenters. The summed E-state index contributed by atoms with van der Waals surface area (Å²) in [5.74, 6) is 1.55. The third kappa shape index (κ3) is 2.77. The molecule has 0 saturated carbocycles. The van der Waals surface area contributed by atoms with E-state index in [2.05, 4.69) is 26.2 Å². The number of nitrogens with zero attached hydrogens (tertiary/aromatic N) is 1. The van der Waals surface area contributed by atoms with E-state index in [1.54, 1.807) is 12.5 Å². The Labute approximate surface area is 125 Å². The van der Waals surface area contributed by atoms with E-state index in [1.807, 2.05) is 37.3 Å². The van der Waals surface area contributed by atoms with Gasteiger partial charge in [-0.05, 0) is 34.1 Å². The van der Waals surface area contributed by atoms with Crippen molar-refractivity contribution in [2.75, 3.05) is 5.32 Å². The van der Waals surface area contributed by atoms with Gasteiger partial charge >= 0.3 is 0 Å². The third-order valence-electron chi connectivity index (χ3n) is 2.94. The van der Waals surface area contributed by atoms with Crippen LogP contribution in [0.2, 0.25) is 0 Å². The third-order valence-corrected chi connectivity index (χ3v) is 3.65. The summed E-state index contributed by atoms with van der Waals surface area (Å²) in [4.78, 5) is 4.30. The molecule has 0 spiro atoms. The number of anilines is 1. The summed E-state index contributed by atoms with van der Waals surface area (Å²) < 4.78 is 11.5. The molecule has 5 heteroatoms. The van der Waals surface area contributed by atoms with Gasteiger partial charge in [0.2, 0.25) is 0 Å². The van der Waals surface area contributed by atoms with Crippen molar-refractivity contribution in [3.05, 3.63) is 59.0 Å². The molecule has 3 aromatic rings. The fourth-order valence-electron chi connectivity index (χ4n) is 1.89. The smallest absolute Gasteiger partial charge is 0.191 e. The molecule has 0 aliphatic heterocycles. The molecule has 0 radical (unpaired) electrons. The highest BCUT2D eigenvalue weighted by molar-refractivity contribution is 9.10. The van der Waals surface area contributed by atoms with Crippen molar-refractivity contribution in [1.82, 2.24) is 4.98 Å². The van der Waals surface area contributed by atoms with Gasteiger partial charge in [-0.2, -0.15) is 0 Å². The molecule has 0 aliphatic carbocycles. The molecular weight excluding hydrogens is 320 g/mol. The minimum Gasteiger partial charge on any atom is -0.466 e. The summed E-state index contributed by atoms with van der Waals surface area (Å²) in [5, 5.41) is 3.30. The molecule has 0 unspecified atom stereocenters. The first kappa shape index (κ1) is 13.0. The molecular formula is C15H13BrN2O2. The van der Waals surface area contributed by atoms with Crippen LogP contribution in [0.3, 0.4) is 0 Å². The highest BCUT2D eigenvalue weighted by Gasteiger charge is 2.05. The molecule has 0 fully saturated rings. The van der Waals surface area contributed by atoms with Gasteiger partial charge in [0.25, 0.3) is 0 Å². The van der Waals surface area contributed by atoms with Crippen molar-refractivity contribution in [3.8, 4) is 11.3 Å². The van der Waals surface area contributed by atoms with Crippen molar-refractivity contribution in [1.29, 1.82) is 0 Å². The topological polar surface area (TPSA) is 51.2 Å². The van der Waals surface area contributed by atoms with E-state index in [0.29, 0.717) is 12.4 Å². The number of aromatic nitrogens is 1. The first-order valence-electron chi connectivity index (χ1n) is 6.21. The van der Waals surface area contributed by atoms with Crippen LogP contribution >= 0.6 is 15.9 Å². The average molecular weight is 333 g/mol. The predicted octanol–water partition coefficient (Wildman–Crippen LogP) is 4.62. The lowest BCUT2D eigenvalue weighted by Gasteiger charge is -2.05. The number of halogens is 1. The Morgan fingerprint density at radius 3 is 2.55 bits per heavy atom. The van der Waals surface area contributed by atoms with E-state index < -0.39 is 0 Å². The van der Waals surface area contributed by atoms with Gasteiger partial charge in [0.15, 0.2) is 5.89 Å². The molecule has 1 N–H and O–H groups in total. The average Bonchev–Trinajstić information content (AvgIpc) is 3.06. The second-order valence-corrected chi connectivity index (χ2v) is 5.23. The molecule has 0 aliphatic rings. The maximum Gasteiger partial charge on any atom is 0.191 e. The van der Waals surface area contributed by atoms with Crippen LogP contribution < -0.4 is 5.32 Å².